The maximum atomic E-state index is 12.3. The third kappa shape index (κ3) is 4.90. The fourth-order valence-electron chi connectivity index (χ4n) is 3.26. The number of nitro groups is 1. The zero-order chi connectivity index (χ0) is 23.4. The number of nitro benzene ring substituents is 1. The van der Waals surface area contributed by atoms with E-state index in [9.17, 15) is 14.9 Å². The molecule has 0 amide bonds. The zero-order valence-corrected chi connectivity index (χ0v) is 18.0. The molecule has 33 heavy (non-hydrogen) atoms. The van der Waals surface area contributed by atoms with Crippen LogP contribution in [0, 0.1) is 17.0 Å². The molecule has 0 atom stereocenters. The summed E-state index contributed by atoms with van der Waals surface area (Å²) in [6.07, 6.45) is 1.62. The van der Waals surface area contributed by atoms with E-state index in [-0.39, 0.29) is 23.9 Å². The second-order valence-electron chi connectivity index (χ2n) is 7.27. The Morgan fingerprint density at radius 3 is 2.52 bits per heavy atom. The first-order valence-corrected chi connectivity index (χ1v) is 10.1. The van der Waals surface area contributed by atoms with Gasteiger partial charge < -0.3 is 14.2 Å². The lowest BCUT2D eigenvalue weighted by Crippen LogP contribution is -2.06. The fraction of sp³-hybridized carbons (Fsp3) is 0.120. The van der Waals surface area contributed by atoms with Crippen LogP contribution in [0.15, 0.2) is 77.4 Å². The lowest BCUT2D eigenvalue weighted by Gasteiger charge is -2.11. The number of hydrogen-bond donors (Lipinski definition) is 0. The van der Waals surface area contributed by atoms with Crippen LogP contribution in [0.1, 0.15) is 22.3 Å². The highest BCUT2D eigenvalue weighted by Gasteiger charge is 2.25. The Labute approximate surface area is 189 Å². The van der Waals surface area contributed by atoms with Crippen molar-refractivity contribution in [2.45, 2.75) is 13.5 Å². The average molecular weight is 444 g/mol. The monoisotopic (exact) mass is 444 g/mol. The molecule has 8 heteroatoms. The van der Waals surface area contributed by atoms with Crippen LogP contribution in [0.3, 0.4) is 0 Å². The summed E-state index contributed by atoms with van der Waals surface area (Å²) in [5, 5.41) is 10.8. The summed E-state index contributed by atoms with van der Waals surface area (Å²) >= 11 is 0. The summed E-state index contributed by atoms with van der Waals surface area (Å²) in [6.45, 7) is 2.14. The average Bonchev–Trinajstić information content (AvgIpc) is 3.18. The van der Waals surface area contributed by atoms with E-state index in [1.165, 1.54) is 19.2 Å². The highest BCUT2D eigenvalue weighted by molar-refractivity contribution is 6.13. The molecule has 0 radical (unpaired) electrons. The lowest BCUT2D eigenvalue weighted by atomic mass is 10.1. The number of cyclic esters (lactones) is 1. The maximum Gasteiger partial charge on any atom is 0.363 e. The van der Waals surface area contributed by atoms with Gasteiger partial charge in [0.2, 0.25) is 5.90 Å². The van der Waals surface area contributed by atoms with Gasteiger partial charge in [-0.1, -0.05) is 24.3 Å². The number of hydrogen-bond acceptors (Lipinski definition) is 7. The summed E-state index contributed by atoms with van der Waals surface area (Å²) in [5.41, 5.74) is 3.41. The van der Waals surface area contributed by atoms with Gasteiger partial charge in [-0.25, -0.2) is 9.79 Å². The Morgan fingerprint density at radius 1 is 1.06 bits per heavy atom. The maximum absolute atomic E-state index is 12.3. The van der Waals surface area contributed by atoms with Crippen molar-refractivity contribution in [3.05, 3.63) is 105 Å². The molecule has 0 fully saturated rings. The largest absolute Gasteiger partial charge is 0.493 e. The Kier molecular flexibility index (Phi) is 6.17. The molecule has 0 aromatic heterocycles. The molecule has 3 aromatic carbocycles. The van der Waals surface area contributed by atoms with Crippen LogP contribution >= 0.6 is 0 Å². The minimum absolute atomic E-state index is 0.0207. The van der Waals surface area contributed by atoms with Gasteiger partial charge in [-0.05, 0) is 60.0 Å². The molecule has 166 valence electrons. The molecule has 0 unspecified atom stereocenters. The molecule has 0 aliphatic carbocycles. The molecule has 3 aromatic rings. The van der Waals surface area contributed by atoms with E-state index in [1.807, 2.05) is 31.2 Å². The van der Waals surface area contributed by atoms with Gasteiger partial charge in [-0.15, -0.1) is 0 Å². The van der Waals surface area contributed by atoms with Crippen molar-refractivity contribution in [3.8, 4) is 11.5 Å². The van der Waals surface area contributed by atoms with Gasteiger partial charge in [0.15, 0.2) is 17.2 Å². The summed E-state index contributed by atoms with van der Waals surface area (Å²) in [4.78, 5) is 27.0. The summed E-state index contributed by atoms with van der Waals surface area (Å²) in [6, 6.07) is 18.9. The van der Waals surface area contributed by atoms with E-state index >= 15 is 0 Å². The molecule has 1 heterocycles. The van der Waals surface area contributed by atoms with Crippen LogP contribution in [0.25, 0.3) is 6.08 Å². The van der Waals surface area contributed by atoms with E-state index in [0.29, 0.717) is 17.1 Å². The predicted molar refractivity (Wildman–Crippen MR) is 122 cm³/mol. The van der Waals surface area contributed by atoms with Crippen molar-refractivity contribution in [1.29, 1.82) is 0 Å². The second kappa shape index (κ2) is 9.35. The van der Waals surface area contributed by atoms with E-state index in [2.05, 4.69) is 4.99 Å². The lowest BCUT2D eigenvalue weighted by molar-refractivity contribution is -0.384. The number of carbonyl (C=O) groups excluding carboxylic acids is 1. The number of aliphatic imine (C=N–C) groups is 1. The number of nitrogens with zero attached hydrogens (tertiary/aromatic N) is 2. The number of esters is 1. The van der Waals surface area contributed by atoms with Gasteiger partial charge in [0, 0.05) is 17.7 Å². The van der Waals surface area contributed by atoms with Crippen LogP contribution in [0.5, 0.6) is 11.5 Å². The van der Waals surface area contributed by atoms with Crippen molar-refractivity contribution >= 4 is 23.6 Å². The van der Waals surface area contributed by atoms with E-state index < -0.39 is 10.9 Å². The van der Waals surface area contributed by atoms with Gasteiger partial charge in [0.05, 0.1) is 12.0 Å². The van der Waals surface area contributed by atoms with Gasteiger partial charge in [0.25, 0.3) is 5.69 Å². The molecule has 4 rings (SSSR count). The number of benzene rings is 3. The number of carbonyl (C=O) groups is 1. The standard InChI is InChI=1S/C25H20N2O6/c1-16-5-3-4-6-20(16)24-26-21(25(28)33-24)13-18-9-12-22(23(14-18)31-2)32-15-17-7-10-19(11-8-17)27(29)30/h3-14H,15H2,1-2H3/b21-13-. The van der Waals surface area contributed by atoms with Crippen molar-refractivity contribution in [2.75, 3.05) is 7.11 Å². The molecule has 8 nitrogen and oxygen atoms in total. The first-order valence-electron chi connectivity index (χ1n) is 10.1. The van der Waals surface area contributed by atoms with Crippen molar-refractivity contribution in [2.24, 2.45) is 4.99 Å². The molecule has 0 N–H and O–H groups in total. The highest BCUT2D eigenvalue weighted by Crippen LogP contribution is 2.30. The molecule has 0 saturated heterocycles. The molecule has 0 spiro atoms. The topological polar surface area (TPSA) is 100 Å². The number of rotatable bonds is 7. The summed E-state index contributed by atoms with van der Waals surface area (Å²) < 4.78 is 16.6. The fourth-order valence-corrected chi connectivity index (χ4v) is 3.26. The third-order valence-electron chi connectivity index (χ3n) is 5.03. The van der Waals surface area contributed by atoms with Gasteiger partial charge in [0.1, 0.15) is 6.61 Å². The second-order valence-corrected chi connectivity index (χ2v) is 7.27. The summed E-state index contributed by atoms with van der Waals surface area (Å²) in [7, 11) is 1.52. The van der Waals surface area contributed by atoms with E-state index in [4.69, 9.17) is 14.2 Å². The SMILES string of the molecule is COc1cc(/C=C2\N=C(c3ccccc3C)OC2=O)ccc1OCc1ccc([N+](=O)[O-])cc1. The van der Waals surface area contributed by atoms with E-state index in [0.717, 1.165) is 16.7 Å². The molecule has 0 bridgehead atoms. The number of non-ortho nitro benzene ring substituents is 1. The van der Waals surface area contributed by atoms with Crippen LogP contribution in [0.2, 0.25) is 0 Å². The van der Waals surface area contributed by atoms with Crippen molar-refractivity contribution in [3.63, 3.8) is 0 Å². The third-order valence-corrected chi connectivity index (χ3v) is 5.03. The molecule has 1 aliphatic heterocycles. The number of ether oxygens (including phenoxy) is 3. The van der Waals surface area contributed by atoms with Gasteiger partial charge in [-0.3, -0.25) is 10.1 Å². The number of aryl methyl sites for hydroxylation is 1. The molecule has 0 saturated carbocycles. The number of methoxy groups -OCH3 is 1. The zero-order valence-electron chi connectivity index (χ0n) is 18.0. The van der Waals surface area contributed by atoms with Gasteiger partial charge >= 0.3 is 5.97 Å². The van der Waals surface area contributed by atoms with Gasteiger partial charge in [-0.2, -0.15) is 0 Å². The Bertz CT molecular complexity index is 1280. The predicted octanol–water partition coefficient (Wildman–Crippen LogP) is 4.84. The van der Waals surface area contributed by atoms with Crippen molar-refractivity contribution in [1.82, 2.24) is 0 Å². The smallest absolute Gasteiger partial charge is 0.363 e. The van der Waals surface area contributed by atoms with Crippen molar-refractivity contribution < 1.29 is 23.9 Å². The molecular formula is C25H20N2O6. The molecular weight excluding hydrogens is 424 g/mol. The minimum Gasteiger partial charge on any atom is -0.493 e. The van der Waals surface area contributed by atoms with E-state index in [1.54, 1.807) is 36.4 Å². The Morgan fingerprint density at radius 2 is 1.82 bits per heavy atom. The van der Waals surface area contributed by atoms with Crippen LogP contribution in [-0.2, 0) is 16.1 Å². The first kappa shape index (κ1) is 21.8. The van der Waals surface area contributed by atoms with Crippen LogP contribution in [-0.4, -0.2) is 23.9 Å². The van der Waals surface area contributed by atoms with Crippen LogP contribution < -0.4 is 9.47 Å². The van der Waals surface area contributed by atoms with Crippen LogP contribution in [0.4, 0.5) is 5.69 Å². The Balaban J connectivity index is 1.51. The quantitative estimate of drug-likeness (QED) is 0.224. The first-order chi connectivity index (χ1) is 15.9. The summed E-state index contributed by atoms with van der Waals surface area (Å²) in [5.74, 6) is 0.724. The Hall–Kier alpha value is -4.46. The molecule has 1 aliphatic rings. The minimum atomic E-state index is -0.522. The normalized spacial score (nSPS) is 14.1. The highest BCUT2D eigenvalue weighted by atomic mass is 16.6.